The molecule has 1 aromatic heterocycles. The van der Waals surface area contributed by atoms with E-state index in [1.807, 2.05) is 30.5 Å². The molecular formula is C9H17N3S. The van der Waals surface area contributed by atoms with Crippen molar-refractivity contribution >= 4 is 11.8 Å². The van der Waals surface area contributed by atoms with Gasteiger partial charge in [-0.2, -0.15) is 11.8 Å². The zero-order valence-electron chi connectivity index (χ0n) is 8.02. The SMILES string of the molecule is CC(N)CCSCCn1ccnc1. The van der Waals surface area contributed by atoms with E-state index in [0.717, 1.165) is 24.5 Å². The lowest BCUT2D eigenvalue weighted by Gasteiger charge is -2.04. The summed E-state index contributed by atoms with van der Waals surface area (Å²) in [5, 5.41) is 0. The van der Waals surface area contributed by atoms with E-state index in [4.69, 9.17) is 5.73 Å². The van der Waals surface area contributed by atoms with E-state index in [0.29, 0.717) is 6.04 Å². The molecule has 0 saturated carbocycles. The highest BCUT2D eigenvalue weighted by molar-refractivity contribution is 7.99. The Morgan fingerprint density at radius 3 is 3.00 bits per heavy atom. The van der Waals surface area contributed by atoms with Gasteiger partial charge in [-0.15, -0.1) is 0 Å². The Balaban J connectivity index is 1.96. The fourth-order valence-corrected chi connectivity index (χ4v) is 2.04. The van der Waals surface area contributed by atoms with Crippen LogP contribution in [0, 0.1) is 0 Å². The standard InChI is InChI=1S/C9H17N3S/c1-9(10)2-6-13-7-5-12-4-3-11-8-12/h3-4,8-9H,2,5-7,10H2,1H3. The van der Waals surface area contributed by atoms with Crippen molar-refractivity contribution in [2.75, 3.05) is 11.5 Å². The van der Waals surface area contributed by atoms with Crippen molar-refractivity contribution in [3.8, 4) is 0 Å². The van der Waals surface area contributed by atoms with E-state index in [2.05, 4.69) is 16.5 Å². The summed E-state index contributed by atoms with van der Waals surface area (Å²) in [7, 11) is 0. The van der Waals surface area contributed by atoms with Crippen LogP contribution in [0.3, 0.4) is 0 Å². The summed E-state index contributed by atoms with van der Waals surface area (Å²) in [5.41, 5.74) is 5.64. The summed E-state index contributed by atoms with van der Waals surface area (Å²) in [6.45, 7) is 3.10. The second kappa shape index (κ2) is 6.05. The molecule has 0 aliphatic rings. The van der Waals surface area contributed by atoms with Crippen LogP contribution in [0.25, 0.3) is 0 Å². The van der Waals surface area contributed by atoms with Gasteiger partial charge >= 0.3 is 0 Å². The maximum absolute atomic E-state index is 5.64. The lowest BCUT2D eigenvalue weighted by molar-refractivity contribution is 0.719. The minimum Gasteiger partial charge on any atom is -0.337 e. The molecule has 0 amide bonds. The van der Waals surface area contributed by atoms with Gasteiger partial charge in [-0.25, -0.2) is 4.98 Å². The van der Waals surface area contributed by atoms with E-state index in [-0.39, 0.29) is 0 Å². The van der Waals surface area contributed by atoms with Crippen molar-refractivity contribution in [3.05, 3.63) is 18.7 Å². The van der Waals surface area contributed by atoms with Crippen LogP contribution in [-0.4, -0.2) is 27.1 Å². The predicted octanol–water partition coefficient (Wildman–Crippen LogP) is 1.35. The smallest absolute Gasteiger partial charge is 0.0946 e. The van der Waals surface area contributed by atoms with E-state index in [1.165, 1.54) is 0 Å². The van der Waals surface area contributed by atoms with Crippen LogP contribution >= 0.6 is 11.8 Å². The summed E-state index contributed by atoms with van der Waals surface area (Å²) in [6, 6.07) is 0.334. The second-order valence-electron chi connectivity index (χ2n) is 3.18. The largest absolute Gasteiger partial charge is 0.337 e. The van der Waals surface area contributed by atoms with Gasteiger partial charge < -0.3 is 10.3 Å². The molecule has 1 aromatic rings. The Labute approximate surface area is 83.7 Å². The van der Waals surface area contributed by atoms with Crippen molar-refractivity contribution in [3.63, 3.8) is 0 Å². The van der Waals surface area contributed by atoms with Crippen LogP contribution in [0.5, 0.6) is 0 Å². The van der Waals surface area contributed by atoms with Crippen molar-refractivity contribution in [2.45, 2.75) is 25.9 Å². The summed E-state index contributed by atoms with van der Waals surface area (Å²) in [6.07, 6.45) is 6.76. The first-order valence-electron chi connectivity index (χ1n) is 4.58. The highest BCUT2D eigenvalue weighted by Gasteiger charge is 1.94. The lowest BCUT2D eigenvalue weighted by atomic mass is 10.3. The number of thioether (sulfide) groups is 1. The molecule has 2 N–H and O–H groups in total. The average Bonchev–Trinajstić information content (AvgIpc) is 2.55. The summed E-state index contributed by atoms with van der Waals surface area (Å²) >= 11 is 1.95. The normalized spacial score (nSPS) is 13.1. The van der Waals surface area contributed by atoms with Crippen molar-refractivity contribution in [2.24, 2.45) is 5.73 Å². The quantitative estimate of drug-likeness (QED) is 0.703. The van der Waals surface area contributed by atoms with Gasteiger partial charge in [0.1, 0.15) is 0 Å². The monoisotopic (exact) mass is 199 g/mol. The van der Waals surface area contributed by atoms with E-state index in [9.17, 15) is 0 Å². The van der Waals surface area contributed by atoms with Crippen LogP contribution in [0.15, 0.2) is 18.7 Å². The van der Waals surface area contributed by atoms with Gasteiger partial charge in [-0.05, 0) is 19.1 Å². The first-order valence-corrected chi connectivity index (χ1v) is 5.73. The molecule has 4 heteroatoms. The third-order valence-corrected chi connectivity index (χ3v) is 2.77. The molecule has 1 unspecified atom stereocenters. The zero-order valence-corrected chi connectivity index (χ0v) is 8.83. The fraction of sp³-hybridized carbons (Fsp3) is 0.667. The van der Waals surface area contributed by atoms with E-state index >= 15 is 0 Å². The number of nitrogens with two attached hydrogens (primary N) is 1. The van der Waals surface area contributed by atoms with Crippen LogP contribution in [0.4, 0.5) is 0 Å². The van der Waals surface area contributed by atoms with Crippen molar-refractivity contribution in [1.29, 1.82) is 0 Å². The molecule has 13 heavy (non-hydrogen) atoms. The maximum atomic E-state index is 5.64. The van der Waals surface area contributed by atoms with E-state index in [1.54, 1.807) is 0 Å². The topological polar surface area (TPSA) is 43.8 Å². The molecule has 0 aromatic carbocycles. The van der Waals surface area contributed by atoms with Gasteiger partial charge in [0.15, 0.2) is 0 Å². The summed E-state index contributed by atoms with van der Waals surface area (Å²) in [4.78, 5) is 3.98. The maximum Gasteiger partial charge on any atom is 0.0946 e. The van der Waals surface area contributed by atoms with Gasteiger partial charge in [-0.1, -0.05) is 0 Å². The van der Waals surface area contributed by atoms with Gasteiger partial charge in [-0.3, -0.25) is 0 Å². The van der Waals surface area contributed by atoms with Gasteiger partial charge in [0.25, 0.3) is 0 Å². The van der Waals surface area contributed by atoms with Gasteiger partial charge in [0, 0.05) is 30.7 Å². The van der Waals surface area contributed by atoms with Gasteiger partial charge in [0.05, 0.1) is 6.33 Å². The minimum atomic E-state index is 0.334. The summed E-state index contributed by atoms with van der Waals surface area (Å²) < 4.78 is 2.10. The molecule has 0 aliphatic heterocycles. The van der Waals surface area contributed by atoms with E-state index < -0.39 is 0 Å². The van der Waals surface area contributed by atoms with Gasteiger partial charge in [0.2, 0.25) is 0 Å². The number of aryl methyl sites for hydroxylation is 1. The number of hydrogen-bond donors (Lipinski definition) is 1. The van der Waals surface area contributed by atoms with Crippen LogP contribution in [-0.2, 0) is 6.54 Å². The Bertz CT molecular complexity index is 209. The Hall–Kier alpha value is -0.480. The highest BCUT2D eigenvalue weighted by atomic mass is 32.2. The lowest BCUT2D eigenvalue weighted by Crippen LogP contribution is -2.15. The molecular weight excluding hydrogens is 182 g/mol. The number of nitrogens with zero attached hydrogens (tertiary/aromatic N) is 2. The molecule has 1 rings (SSSR count). The fourth-order valence-electron chi connectivity index (χ4n) is 0.960. The van der Waals surface area contributed by atoms with Crippen molar-refractivity contribution < 1.29 is 0 Å². The molecule has 0 bridgehead atoms. The first kappa shape index (κ1) is 10.6. The third-order valence-electron chi connectivity index (χ3n) is 1.77. The number of hydrogen-bond acceptors (Lipinski definition) is 3. The third kappa shape index (κ3) is 4.95. The second-order valence-corrected chi connectivity index (χ2v) is 4.40. The molecule has 0 aliphatic carbocycles. The Morgan fingerprint density at radius 1 is 1.54 bits per heavy atom. The number of imidazole rings is 1. The first-order chi connectivity index (χ1) is 6.29. The molecule has 1 heterocycles. The molecule has 0 radical (unpaired) electrons. The van der Waals surface area contributed by atoms with Crippen LogP contribution < -0.4 is 5.73 Å². The predicted molar refractivity (Wildman–Crippen MR) is 57.8 cm³/mol. The molecule has 0 spiro atoms. The Kier molecular flexibility index (Phi) is 4.93. The molecule has 0 fully saturated rings. The Morgan fingerprint density at radius 2 is 2.38 bits per heavy atom. The van der Waals surface area contributed by atoms with Crippen LogP contribution in [0.2, 0.25) is 0 Å². The molecule has 74 valence electrons. The summed E-state index contributed by atoms with van der Waals surface area (Å²) in [5.74, 6) is 2.30. The molecule has 0 saturated heterocycles. The molecule has 1 atom stereocenters. The molecule has 3 nitrogen and oxygen atoms in total. The average molecular weight is 199 g/mol. The zero-order chi connectivity index (χ0) is 9.52. The number of aromatic nitrogens is 2. The van der Waals surface area contributed by atoms with Crippen LogP contribution in [0.1, 0.15) is 13.3 Å². The number of rotatable bonds is 6. The van der Waals surface area contributed by atoms with Crippen molar-refractivity contribution in [1.82, 2.24) is 9.55 Å². The minimum absolute atomic E-state index is 0.334. The highest BCUT2D eigenvalue weighted by Crippen LogP contribution is 2.04.